The highest BCUT2D eigenvalue weighted by molar-refractivity contribution is 5.39. The third kappa shape index (κ3) is 1.69. The summed E-state index contributed by atoms with van der Waals surface area (Å²) in [6.07, 6.45) is 6.54. The van der Waals surface area contributed by atoms with Gasteiger partial charge in [0.2, 0.25) is 0 Å². The quantitative estimate of drug-likeness (QED) is 0.785. The summed E-state index contributed by atoms with van der Waals surface area (Å²) >= 11 is 0. The van der Waals surface area contributed by atoms with Crippen LogP contribution in [0.3, 0.4) is 0 Å². The summed E-state index contributed by atoms with van der Waals surface area (Å²) in [5.74, 6) is 0.641. The standard InChI is InChI=1S/C12H16N4/c1-9-6-12-14-7-11(8-16(12)15-9)10-2-4-13-5-3-10/h6-8,10,13H,2-5H2,1H3. The molecule has 0 aliphatic carbocycles. The molecule has 0 amide bonds. The highest BCUT2D eigenvalue weighted by Gasteiger charge is 2.16. The average Bonchev–Trinajstić information content (AvgIpc) is 2.69. The van der Waals surface area contributed by atoms with Gasteiger partial charge in [0.05, 0.1) is 5.69 Å². The summed E-state index contributed by atoms with van der Waals surface area (Å²) in [7, 11) is 0. The normalized spacial score (nSPS) is 18.1. The van der Waals surface area contributed by atoms with Crippen LogP contribution in [0.25, 0.3) is 5.65 Å². The van der Waals surface area contributed by atoms with E-state index in [1.165, 1.54) is 18.4 Å². The number of aryl methyl sites for hydroxylation is 1. The van der Waals surface area contributed by atoms with Gasteiger partial charge in [-0.15, -0.1) is 0 Å². The molecule has 3 heterocycles. The molecule has 1 saturated heterocycles. The predicted molar refractivity (Wildman–Crippen MR) is 62.6 cm³/mol. The van der Waals surface area contributed by atoms with Gasteiger partial charge in [-0.25, -0.2) is 9.50 Å². The van der Waals surface area contributed by atoms with Crippen LogP contribution in [0.5, 0.6) is 0 Å². The van der Waals surface area contributed by atoms with Crippen molar-refractivity contribution in [3.05, 3.63) is 29.7 Å². The molecule has 0 aromatic carbocycles. The smallest absolute Gasteiger partial charge is 0.155 e. The number of fused-ring (bicyclic) bond motifs is 1. The predicted octanol–water partition coefficient (Wildman–Crippen LogP) is 1.50. The molecule has 0 spiro atoms. The van der Waals surface area contributed by atoms with Crippen LogP contribution in [0.15, 0.2) is 18.5 Å². The zero-order valence-electron chi connectivity index (χ0n) is 9.48. The third-order valence-electron chi connectivity index (χ3n) is 3.27. The van der Waals surface area contributed by atoms with E-state index in [2.05, 4.69) is 21.6 Å². The molecular weight excluding hydrogens is 200 g/mol. The van der Waals surface area contributed by atoms with Crippen LogP contribution in [0.2, 0.25) is 0 Å². The first-order valence-electron chi connectivity index (χ1n) is 5.85. The Bertz CT molecular complexity index is 497. The minimum atomic E-state index is 0.641. The summed E-state index contributed by atoms with van der Waals surface area (Å²) < 4.78 is 1.90. The number of hydrogen-bond acceptors (Lipinski definition) is 3. The Labute approximate surface area is 94.7 Å². The lowest BCUT2D eigenvalue weighted by Crippen LogP contribution is -2.26. The van der Waals surface area contributed by atoms with E-state index in [9.17, 15) is 0 Å². The molecule has 0 bridgehead atoms. The summed E-state index contributed by atoms with van der Waals surface area (Å²) in [4.78, 5) is 4.46. The Balaban J connectivity index is 1.97. The van der Waals surface area contributed by atoms with E-state index in [0.717, 1.165) is 24.4 Å². The Kier molecular flexibility index (Phi) is 2.36. The van der Waals surface area contributed by atoms with Crippen LogP contribution in [0.1, 0.15) is 30.0 Å². The first-order valence-corrected chi connectivity index (χ1v) is 5.85. The fourth-order valence-corrected chi connectivity index (χ4v) is 2.38. The minimum absolute atomic E-state index is 0.641. The van der Waals surface area contributed by atoms with E-state index >= 15 is 0 Å². The van der Waals surface area contributed by atoms with Crippen molar-refractivity contribution in [3.63, 3.8) is 0 Å². The van der Waals surface area contributed by atoms with Crippen molar-refractivity contribution in [3.8, 4) is 0 Å². The number of hydrogen-bond donors (Lipinski definition) is 1. The molecule has 2 aromatic heterocycles. The van der Waals surface area contributed by atoms with Crippen molar-refractivity contribution in [2.24, 2.45) is 0 Å². The Hall–Kier alpha value is -1.42. The molecular formula is C12H16N4. The maximum atomic E-state index is 4.46. The molecule has 0 atom stereocenters. The van der Waals surface area contributed by atoms with Crippen LogP contribution in [0.4, 0.5) is 0 Å². The summed E-state index contributed by atoms with van der Waals surface area (Å²) in [5, 5.41) is 7.79. The van der Waals surface area contributed by atoms with Gasteiger partial charge < -0.3 is 5.32 Å². The zero-order chi connectivity index (χ0) is 11.0. The third-order valence-corrected chi connectivity index (χ3v) is 3.27. The largest absolute Gasteiger partial charge is 0.317 e. The van der Waals surface area contributed by atoms with Crippen LogP contribution in [0, 0.1) is 6.92 Å². The number of nitrogens with zero attached hydrogens (tertiary/aromatic N) is 3. The van der Waals surface area contributed by atoms with E-state index in [4.69, 9.17) is 0 Å². The molecule has 1 aliphatic heterocycles. The molecule has 4 heteroatoms. The van der Waals surface area contributed by atoms with Crippen molar-refractivity contribution in [2.45, 2.75) is 25.7 Å². The zero-order valence-corrected chi connectivity index (χ0v) is 9.48. The van der Waals surface area contributed by atoms with E-state index in [-0.39, 0.29) is 0 Å². The van der Waals surface area contributed by atoms with Gasteiger partial charge in [-0.2, -0.15) is 5.10 Å². The molecule has 84 valence electrons. The molecule has 1 N–H and O–H groups in total. The first kappa shape index (κ1) is 9.78. The molecule has 0 radical (unpaired) electrons. The molecule has 3 rings (SSSR count). The SMILES string of the molecule is Cc1cc2ncc(C3CCNCC3)cn2n1. The van der Waals surface area contributed by atoms with E-state index < -0.39 is 0 Å². The van der Waals surface area contributed by atoms with Crippen LogP contribution in [-0.2, 0) is 0 Å². The number of piperidine rings is 1. The second-order valence-electron chi connectivity index (χ2n) is 4.50. The van der Waals surface area contributed by atoms with Gasteiger partial charge in [-0.3, -0.25) is 0 Å². The molecule has 1 fully saturated rings. The molecule has 4 nitrogen and oxygen atoms in total. The summed E-state index contributed by atoms with van der Waals surface area (Å²) in [5.41, 5.74) is 3.28. The number of rotatable bonds is 1. The van der Waals surface area contributed by atoms with Crippen molar-refractivity contribution in [1.29, 1.82) is 0 Å². The van der Waals surface area contributed by atoms with Crippen molar-refractivity contribution < 1.29 is 0 Å². The van der Waals surface area contributed by atoms with Crippen molar-refractivity contribution >= 4 is 5.65 Å². The van der Waals surface area contributed by atoms with Gasteiger partial charge in [0.1, 0.15) is 0 Å². The number of aromatic nitrogens is 3. The summed E-state index contributed by atoms with van der Waals surface area (Å²) in [6.45, 7) is 4.22. The second-order valence-corrected chi connectivity index (χ2v) is 4.50. The summed E-state index contributed by atoms with van der Waals surface area (Å²) in [6, 6.07) is 2.01. The van der Waals surface area contributed by atoms with Crippen molar-refractivity contribution in [1.82, 2.24) is 19.9 Å². The molecule has 0 unspecified atom stereocenters. The van der Waals surface area contributed by atoms with Gasteiger partial charge in [-0.1, -0.05) is 0 Å². The molecule has 0 saturated carbocycles. The maximum Gasteiger partial charge on any atom is 0.155 e. The first-order chi connectivity index (χ1) is 7.83. The highest BCUT2D eigenvalue weighted by atomic mass is 15.2. The lowest BCUT2D eigenvalue weighted by atomic mass is 9.92. The Morgan fingerprint density at radius 3 is 3.00 bits per heavy atom. The van der Waals surface area contributed by atoms with Gasteiger partial charge >= 0.3 is 0 Å². The van der Waals surface area contributed by atoms with Crippen LogP contribution >= 0.6 is 0 Å². The fraction of sp³-hybridized carbons (Fsp3) is 0.500. The Morgan fingerprint density at radius 1 is 1.38 bits per heavy atom. The lowest BCUT2D eigenvalue weighted by Gasteiger charge is -2.22. The highest BCUT2D eigenvalue weighted by Crippen LogP contribution is 2.24. The van der Waals surface area contributed by atoms with Crippen LogP contribution in [-0.4, -0.2) is 27.7 Å². The topological polar surface area (TPSA) is 42.2 Å². The van der Waals surface area contributed by atoms with Gasteiger partial charge in [0, 0.05) is 18.5 Å². The average molecular weight is 216 g/mol. The molecule has 2 aromatic rings. The van der Waals surface area contributed by atoms with Gasteiger partial charge in [0.15, 0.2) is 5.65 Å². The second kappa shape index (κ2) is 3.87. The monoisotopic (exact) mass is 216 g/mol. The minimum Gasteiger partial charge on any atom is -0.317 e. The van der Waals surface area contributed by atoms with Gasteiger partial charge in [-0.05, 0) is 44.3 Å². The van der Waals surface area contributed by atoms with E-state index in [0.29, 0.717) is 5.92 Å². The fourth-order valence-electron chi connectivity index (χ4n) is 2.38. The molecule has 16 heavy (non-hydrogen) atoms. The van der Waals surface area contributed by atoms with Gasteiger partial charge in [0.25, 0.3) is 0 Å². The van der Waals surface area contributed by atoms with E-state index in [1.807, 2.05) is 23.7 Å². The maximum absolute atomic E-state index is 4.46. The molecule has 1 aliphatic rings. The lowest BCUT2D eigenvalue weighted by molar-refractivity contribution is 0.458. The van der Waals surface area contributed by atoms with Crippen molar-refractivity contribution in [2.75, 3.05) is 13.1 Å². The van der Waals surface area contributed by atoms with Crippen LogP contribution < -0.4 is 5.32 Å². The Morgan fingerprint density at radius 2 is 2.19 bits per heavy atom. The number of nitrogens with one attached hydrogen (secondary N) is 1. The van der Waals surface area contributed by atoms with E-state index in [1.54, 1.807) is 0 Å².